The van der Waals surface area contributed by atoms with E-state index in [1.54, 1.807) is 0 Å². The van der Waals surface area contributed by atoms with Crippen LogP contribution in [0.25, 0.3) is 0 Å². The van der Waals surface area contributed by atoms with Gasteiger partial charge in [-0.2, -0.15) is 17.5 Å². The fourth-order valence-corrected chi connectivity index (χ4v) is 3.96. The van der Waals surface area contributed by atoms with E-state index in [1.165, 1.54) is 6.20 Å². The molecule has 1 aliphatic carbocycles. The summed E-state index contributed by atoms with van der Waals surface area (Å²) in [6.07, 6.45) is -2.50. The summed E-state index contributed by atoms with van der Waals surface area (Å²) in [6.45, 7) is -1.52. The Bertz CT molecular complexity index is 617. The number of nitrogen functional groups attached to an aromatic ring is 1. The summed E-state index contributed by atoms with van der Waals surface area (Å²) in [4.78, 5) is 3.23. The molecule has 0 bridgehead atoms. The van der Waals surface area contributed by atoms with Gasteiger partial charge < -0.3 is 5.73 Å². The van der Waals surface area contributed by atoms with Crippen LogP contribution >= 0.6 is 15.9 Å². The number of hydrogen-bond donors (Lipinski definition) is 1. The first-order valence-corrected chi connectivity index (χ1v) is 7.84. The van der Waals surface area contributed by atoms with E-state index in [2.05, 4.69) is 20.9 Å². The third-order valence-electron chi connectivity index (χ3n) is 2.72. The van der Waals surface area contributed by atoms with Gasteiger partial charge in [0.05, 0.1) is 0 Å². The average Bonchev–Trinajstić information content (AvgIpc) is 3.12. The van der Waals surface area contributed by atoms with Gasteiger partial charge >= 0.3 is 6.18 Å². The van der Waals surface area contributed by atoms with Crippen LogP contribution < -0.4 is 5.73 Å². The Hall–Kier alpha value is -0.870. The Morgan fingerprint density at radius 1 is 1.45 bits per heavy atom. The highest BCUT2D eigenvalue weighted by atomic mass is 79.9. The molecule has 0 amide bonds. The van der Waals surface area contributed by atoms with Gasteiger partial charge in [0, 0.05) is 16.7 Å². The number of halogens is 4. The molecule has 2 rings (SSSR count). The van der Waals surface area contributed by atoms with Gasteiger partial charge in [-0.3, -0.25) is 0 Å². The monoisotopic (exact) mass is 373 g/mol. The zero-order valence-electron chi connectivity index (χ0n) is 10.1. The fourth-order valence-electron chi connectivity index (χ4n) is 1.71. The first-order valence-electron chi connectivity index (χ1n) is 5.61. The highest BCUT2D eigenvalue weighted by molar-refractivity contribution is 9.10. The molecular weight excluding hydrogens is 363 g/mol. The normalized spacial score (nSPS) is 16.6. The number of pyridine rings is 1. The first-order chi connectivity index (χ1) is 9.11. The molecular formula is C10H11BrF3N3O2S. The van der Waals surface area contributed by atoms with Crippen molar-refractivity contribution in [3.8, 4) is 0 Å². The third-order valence-corrected chi connectivity index (χ3v) is 5.09. The van der Waals surface area contributed by atoms with E-state index in [0.29, 0.717) is 21.6 Å². The van der Waals surface area contributed by atoms with Crippen molar-refractivity contribution >= 4 is 31.8 Å². The number of anilines is 1. The Labute approximate surface area is 122 Å². The van der Waals surface area contributed by atoms with Crippen molar-refractivity contribution in [2.75, 3.05) is 12.3 Å². The summed E-state index contributed by atoms with van der Waals surface area (Å²) in [5.41, 5.74) is 5.48. The highest BCUT2D eigenvalue weighted by Gasteiger charge is 2.45. The number of nitrogens with zero attached hydrogens (tertiary/aromatic N) is 2. The van der Waals surface area contributed by atoms with Gasteiger partial charge in [0.2, 0.25) is 10.0 Å². The van der Waals surface area contributed by atoms with Crippen molar-refractivity contribution < 1.29 is 21.6 Å². The molecule has 5 nitrogen and oxygen atoms in total. The van der Waals surface area contributed by atoms with Crippen LogP contribution in [0.2, 0.25) is 0 Å². The van der Waals surface area contributed by atoms with Crippen molar-refractivity contribution in [1.82, 2.24) is 9.29 Å². The molecule has 0 atom stereocenters. The van der Waals surface area contributed by atoms with Crippen molar-refractivity contribution in [1.29, 1.82) is 0 Å². The van der Waals surface area contributed by atoms with Crippen LogP contribution in [0.5, 0.6) is 0 Å². The van der Waals surface area contributed by atoms with Crippen LogP contribution in [0.3, 0.4) is 0 Å². The molecule has 10 heteroatoms. The molecule has 1 saturated carbocycles. The highest BCUT2D eigenvalue weighted by Crippen LogP contribution is 2.36. The summed E-state index contributed by atoms with van der Waals surface area (Å²) >= 11 is 3.03. The lowest BCUT2D eigenvalue weighted by atomic mass is 10.5. The molecule has 1 fully saturated rings. The number of alkyl halides is 3. The van der Waals surface area contributed by atoms with Crippen molar-refractivity contribution in [3.05, 3.63) is 16.7 Å². The molecule has 1 heterocycles. The number of sulfonamides is 1. The topological polar surface area (TPSA) is 76.3 Å². The number of rotatable bonds is 4. The lowest BCUT2D eigenvalue weighted by molar-refractivity contribution is -0.137. The van der Waals surface area contributed by atoms with E-state index in [-0.39, 0.29) is 5.82 Å². The summed E-state index contributed by atoms with van der Waals surface area (Å²) in [7, 11) is -4.33. The molecule has 0 aromatic carbocycles. The van der Waals surface area contributed by atoms with E-state index in [1.807, 2.05) is 0 Å². The van der Waals surface area contributed by atoms with Crippen molar-refractivity contribution in [2.24, 2.45) is 0 Å². The van der Waals surface area contributed by atoms with Gasteiger partial charge in [-0.15, -0.1) is 0 Å². The minimum Gasteiger partial charge on any atom is -0.383 e. The first kappa shape index (κ1) is 15.5. The van der Waals surface area contributed by atoms with Crippen molar-refractivity contribution in [3.63, 3.8) is 0 Å². The van der Waals surface area contributed by atoms with E-state index >= 15 is 0 Å². The summed E-state index contributed by atoms with van der Waals surface area (Å²) < 4.78 is 63.1. The molecule has 1 aromatic heterocycles. The Balaban J connectivity index is 2.43. The fraction of sp³-hybridized carbons (Fsp3) is 0.500. The largest absolute Gasteiger partial charge is 0.402 e. The average molecular weight is 374 g/mol. The number of hydrogen-bond acceptors (Lipinski definition) is 4. The van der Waals surface area contributed by atoms with Crippen LogP contribution in [-0.2, 0) is 10.0 Å². The van der Waals surface area contributed by atoms with Gasteiger partial charge in [0.15, 0.2) is 0 Å². The lowest BCUT2D eigenvalue weighted by Gasteiger charge is -2.23. The molecule has 0 radical (unpaired) electrons. The zero-order valence-corrected chi connectivity index (χ0v) is 12.5. The second-order valence-electron chi connectivity index (χ2n) is 4.43. The molecule has 0 spiro atoms. The van der Waals surface area contributed by atoms with Crippen LogP contribution in [-0.4, -0.2) is 36.5 Å². The Morgan fingerprint density at radius 3 is 2.55 bits per heavy atom. The Morgan fingerprint density at radius 2 is 2.05 bits per heavy atom. The van der Waals surface area contributed by atoms with Gasteiger partial charge in [0.1, 0.15) is 17.3 Å². The van der Waals surface area contributed by atoms with Crippen LogP contribution in [0.4, 0.5) is 19.0 Å². The van der Waals surface area contributed by atoms with Gasteiger partial charge in [-0.05, 0) is 34.8 Å². The van der Waals surface area contributed by atoms with E-state index < -0.39 is 33.7 Å². The minimum atomic E-state index is -4.61. The predicted molar refractivity (Wildman–Crippen MR) is 69.3 cm³/mol. The number of aromatic nitrogens is 1. The molecule has 0 saturated heterocycles. The second-order valence-corrected chi connectivity index (χ2v) is 7.21. The predicted octanol–water partition coefficient (Wildman–Crippen LogP) is 2.14. The molecule has 112 valence electrons. The van der Waals surface area contributed by atoms with E-state index in [0.717, 1.165) is 6.07 Å². The SMILES string of the molecule is Nc1ncc(Br)cc1S(=O)(=O)N(CC(F)(F)F)C1CC1. The maximum Gasteiger partial charge on any atom is 0.402 e. The molecule has 0 aliphatic heterocycles. The van der Waals surface area contributed by atoms with Crippen LogP contribution in [0.15, 0.2) is 21.6 Å². The molecule has 0 unspecified atom stereocenters. The Kier molecular flexibility index (Phi) is 4.00. The maximum atomic E-state index is 12.6. The summed E-state index contributed by atoms with van der Waals surface area (Å²) in [5, 5.41) is 0. The lowest BCUT2D eigenvalue weighted by Crippen LogP contribution is -2.40. The van der Waals surface area contributed by atoms with Crippen molar-refractivity contribution in [2.45, 2.75) is 30.0 Å². The summed E-state index contributed by atoms with van der Waals surface area (Å²) in [5.74, 6) is -0.318. The van der Waals surface area contributed by atoms with Crippen LogP contribution in [0, 0.1) is 0 Å². The summed E-state index contributed by atoms with van der Waals surface area (Å²) in [6, 6.07) is 0.531. The maximum absolute atomic E-state index is 12.6. The van der Waals surface area contributed by atoms with E-state index in [4.69, 9.17) is 5.73 Å². The number of nitrogens with two attached hydrogens (primary N) is 1. The molecule has 1 aromatic rings. The molecule has 1 aliphatic rings. The van der Waals surface area contributed by atoms with Gasteiger partial charge in [0.25, 0.3) is 0 Å². The van der Waals surface area contributed by atoms with E-state index in [9.17, 15) is 21.6 Å². The standard InChI is InChI=1S/C10H11BrF3N3O2S/c11-6-3-8(9(15)16-4-6)20(18,19)17(7-1-2-7)5-10(12,13)14/h3-4,7H,1-2,5H2,(H2,15,16). The van der Waals surface area contributed by atoms with Gasteiger partial charge in [-0.25, -0.2) is 13.4 Å². The third kappa shape index (κ3) is 3.41. The minimum absolute atomic E-state index is 0.318. The van der Waals surface area contributed by atoms with Gasteiger partial charge in [-0.1, -0.05) is 0 Å². The van der Waals surface area contributed by atoms with Crippen LogP contribution in [0.1, 0.15) is 12.8 Å². The second kappa shape index (κ2) is 5.15. The quantitative estimate of drug-likeness (QED) is 0.876. The molecule has 20 heavy (non-hydrogen) atoms. The zero-order chi connectivity index (χ0) is 15.1. The smallest absolute Gasteiger partial charge is 0.383 e. The molecule has 2 N–H and O–H groups in total.